The molecule has 0 bridgehead atoms. The van der Waals surface area contributed by atoms with Gasteiger partial charge in [-0.3, -0.25) is 21.1 Å². The Morgan fingerprint density at radius 2 is 1.38 bits per heavy atom. The second-order valence-corrected chi connectivity index (χ2v) is 8.63. The number of carbonyl (C=O) groups is 2. The minimum absolute atomic E-state index is 0.217. The van der Waals surface area contributed by atoms with E-state index in [2.05, 4.69) is 10.6 Å². The number of hydrogen-bond donors (Lipinski definition) is 6. The molecule has 2 amide bonds. The number of aliphatic hydroxyl groups is 1. The minimum atomic E-state index is -2.15. The Balaban J connectivity index is 2.19. The van der Waals surface area contributed by atoms with Gasteiger partial charge in [-0.1, -0.05) is 74.5 Å². The lowest BCUT2D eigenvalue weighted by Gasteiger charge is -2.31. The maximum Gasteiger partial charge on any atom is 0.243 e. The number of rotatable bonds is 11. The third-order valence-corrected chi connectivity index (χ3v) is 5.14. The molecule has 8 heteroatoms. The summed E-state index contributed by atoms with van der Waals surface area (Å²) in [4.78, 5) is 25.8. The van der Waals surface area contributed by atoms with Crippen molar-refractivity contribution < 1.29 is 14.7 Å². The fourth-order valence-corrected chi connectivity index (χ4v) is 3.40. The van der Waals surface area contributed by atoms with Gasteiger partial charge in [-0.05, 0) is 29.9 Å². The van der Waals surface area contributed by atoms with Gasteiger partial charge in [0.25, 0.3) is 0 Å². The molecule has 0 spiro atoms. The van der Waals surface area contributed by atoms with Gasteiger partial charge < -0.3 is 21.5 Å². The second-order valence-electron chi connectivity index (χ2n) is 8.63. The van der Waals surface area contributed by atoms with E-state index in [9.17, 15) is 14.7 Å². The molecule has 0 radical (unpaired) electrons. The van der Waals surface area contributed by atoms with Crippen molar-refractivity contribution in [1.82, 2.24) is 10.6 Å². The Morgan fingerprint density at radius 3 is 1.84 bits per heavy atom. The highest BCUT2D eigenvalue weighted by Crippen LogP contribution is 2.10. The van der Waals surface area contributed by atoms with E-state index in [1.54, 1.807) is 0 Å². The van der Waals surface area contributed by atoms with Crippen LogP contribution in [0.4, 0.5) is 0 Å². The lowest BCUT2D eigenvalue weighted by Crippen LogP contribution is -2.67. The Labute approximate surface area is 189 Å². The summed E-state index contributed by atoms with van der Waals surface area (Å²) in [5, 5.41) is 15.7. The predicted molar refractivity (Wildman–Crippen MR) is 125 cm³/mol. The Hall–Kier alpha value is -2.78. The van der Waals surface area contributed by atoms with Crippen LogP contribution in [0, 0.1) is 5.92 Å². The molecule has 0 aliphatic rings. The molecular weight excluding hydrogens is 406 g/mol. The zero-order chi connectivity index (χ0) is 23.7. The highest BCUT2D eigenvalue weighted by atomic mass is 16.3. The fraction of sp³-hybridized carbons (Fsp3) is 0.417. The van der Waals surface area contributed by atoms with Crippen molar-refractivity contribution in [1.29, 1.82) is 0 Å². The summed E-state index contributed by atoms with van der Waals surface area (Å²) in [6.45, 7) is 3.94. The van der Waals surface area contributed by atoms with Crippen LogP contribution in [0.5, 0.6) is 0 Å². The SMILES string of the molecule is CC(C)C[C@H](N)C(=O)N[C@@H](Cc1ccccc1)C(=O)N[C@@H](Cc1ccccc1)C(N)(N)O. The van der Waals surface area contributed by atoms with Crippen LogP contribution < -0.4 is 27.8 Å². The first-order valence-corrected chi connectivity index (χ1v) is 10.8. The van der Waals surface area contributed by atoms with Crippen molar-refractivity contribution in [2.24, 2.45) is 23.1 Å². The first-order chi connectivity index (χ1) is 15.1. The van der Waals surface area contributed by atoms with Crippen LogP contribution in [0.25, 0.3) is 0 Å². The van der Waals surface area contributed by atoms with Crippen LogP contribution in [0.3, 0.4) is 0 Å². The maximum absolute atomic E-state index is 13.2. The summed E-state index contributed by atoms with van der Waals surface area (Å²) >= 11 is 0. The largest absolute Gasteiger partial charge is 0.362 e. The van der Waals surface area contributed by atoms with E-state index in [4.69, 9.17) is 17.2 Å². The molecule has 9 N–H and O–H groups in total. The van der Waals surface area contributed by atoms with Gasteiger partial charge in [0, 0.05) is 6.42 Å². The third-order valence-electron chi connectivity index (χ3n) is 5.14. The lowest BCUT2D eigenvalue weighted by molar-refractivity contribution is -0.131. The van der Waals surface area contributed by atoms with Crippen molar-refractivity contribution >= 4 is 11.8 Å². The van der Waals surface area contributed by atoms with Gasteiger partial charge in [0.1, 0.15) is 6.04 Å². The second kappa shape index (κ2) is 11.7. The zero-order valence-electron chi connectivity index (χ0n) is 18.7. The van der Waals surface area contributed by atoms with Crippen molar-refractivity contribution in [2.75, 3.05) is 0 Å². The molecule has 2 aromatic rings. The summed E-state index contributed by atoms with van der Waals surface area (Å²) in [5.74, 6) is -2.84. The number of nitrogens with one attached hydrogen (secondary N) is 2. The van der Waals surface area contributed by atoms with Crippen LogP contribution in [0.1, 0.15) is 31.4 Å². The summed E-state index contributed by atoms with van der Waals surface area (Å²) in [5.41, 5.74) is 19.2. The quantitative estimate of drug-likeness (QED) is 0.277. The highest BCUT2D eigenvalue weighted by molar-refractivity contribution is 5.90. The van der Waals surface area contributed by atoms with Crippen LogP contribution in [-0.2, 0) is 22.4 Å². The van der Waals surface area contributed by atoms with Crippen molar-refractivity contribution in [3.05, 3.63) is 71.8 Å². The van der Waals surface area contributed by atoms with Crippen molar-refractivity contribution in [3.63, 3.8) is 0 Å². The predicted octanol–water partition coefficient (Wildman–Crippen LogP) is 0.378. The molecule has 0 saturated carbocycles. The Morgan fingerprint density at radius 1 is 0.875 bits per heavy atom. The standard InChI is InChI=1S/C24H35N5O3/c1-16(2)13-19(25)22(30)28-20(14-17-9-5-3-6-10-17)23(31)29-21(24(26,27)32)15-18-11-7-4-8-12-18/h3-12,16,19-21,32H,13-15,25-27H2,1-2H3,(H,28,30)(H,29,31)/t19-,20-,21-/m0/s1. The maximum atomic E-state index is 13.2. The molecule has 0 aromatic heterocycles. The van der Waals surface area contributed by atoms with E-state index in [1.807, 2.05) is 74.5 Å². The highest BCUT2D eigenvalue weighted by Gasteiger charge is 2.33. The van der Waals surface area contributed by atoms with Gasteiger partial charge in [-0.15, -0.1) is 0 Å². The van der Waals surface area contributed by atoms with Crippen molar-refractivity contribution in [3.8, 4) is 0 Å². The van der Waals surface area contributed by atoms with Gasteiger partial charge in [0.05, 0.1) is 12.1 Å². The van der Waals surface area contributed by atoms with Gasteiger partial charge in [0.2, 0.25) is 11.8 Å². The van der Waals surface area contributed by atoms with Gasteiger partial charge in [-0.25, -0.2) is 0 Å². The molecular formula is C24H35N5O3. The summed E-state index contributed by atoms with van der Waals surface area (Å²) in [7, 11) is 0. The van der Waals surface area contributed by atoms with E-state index in [0.717, 1.165) is 11.1 Å². The molecule has 32 heavy (non-hydrogen) atoms. The van der Waals surface area contributed by atoms with Crippen molar-refractivity contribution in [2.45, 2.75) is 57.1 Å². The van der Waals surface area contributed by atoms with E-state index in [-0.39, 0.29) is 18.8 Å². The number of benzene rings is 2. The molecule has 2 aromatic carbocycles. The molecule has 174 valence electrons. The summed E-state index contributed by atoms with van der Waals surface area (Å²) in [6, 6.07) is 15.9. The van der Waals surface area contributed by atoms with E-state index in [1.165, 1.54) is 0 Å². The zero-order valence-corrected chi connectivity index (χ0v) is 18.7. The molecule has 8 nitrogen and oxygen atoms in total. The number of hydrogen-bond acceptors (Lipinski definition) is 6. The van der Waals surface area contributed by atoms with Gasteiger partial charge in [-0.2, -0.15) is 0 Å². The normalized spacial score (nSPS) is 14.5. The molecule has 0 fully saturated rings. The van der Waals surface area contributed by atoms with Gasteiger partial charge >= 0.3 is 0 Å². The van der Waals surface area contributed by atoms with Crippen LogP contribution in [0.15, 0.2) is 60.7 Å². The Kier molecular flexibility index (Phi) is 9.34. The Bertz CT molecular complexity index is 853. The molecule has 2 rings (SSSR count). The fourth-order valence-electron chi connectivity index (χ4n) is 3.40. The smallest absolute Gasteiger partial charge is 0.243 e. The molecule has 0 heterocycles. The molecule has 0 saturated heterocycles. The average molecular weight is 442 g/mol. The minimum Gasteiger partial charge on any atom is -0.362 e. The first-order valence-electron chi connectivity index (χ1n) is 10.8. The number of amides is 2. The summed E-state index contributed by atoms with van der Waals surface area (Å²) in [6.07, 6.45) is 0.959. The lowest BCUT2D eigenvalue weighted by atomic mass is 9.99. The van der Waals surface area contributed by atoms with E-state index >= 15 is 0 Å². The van der Waals surface area contributed by atoms with E-state index < -0.39 is 35.8 Å². The number of nitrogens with two attached hydrogens (primary N) is 3. The van der Waals surface area contributed by atoms with Gasteiger partial charge in [0.15, 0.2) is 5.85 Å². The number of carbonyl (C=O) groups excluding carboxylic acids is 2. The molecule has 0 aliphatic heterocycles. The van der Waals surface area contributed by atoms with E-state index in [0.29, 0.717) is 6.42 Å². The van der Waals surface area contributed by atoms with Crippen LogP contribution in [0.2, 0.25) is 0 Å². The monoisotopic (exact) mass is 441 g/mol. The molecule has 0 aliphatic carbocycles. The first kappa shape index (κ1) is 25.5. The topological polar surface area (TPSA) is 156 Å². The van der Waals surface area contributed by atoms with Crippen LogP contribution >= 0.6 is 0 Å². The molecule has 0 unspecified atom stereocenters. The third kappa shape index (κ3) is 8.39. The average Bonchev–Trinajstić information content (AvgIpc) is 2.73. The molecule has 3 atom stereocenters. The van der Waals surface area contributed by atoms with Crippen LogP contribution in [-0.4, -0.2) is 40.9 Å². The summed E-state index contributed by atoms with van der Waals surface area (Å²) < 4.78 is 0.